The lowest BCUT2D eigenvalue weighted by molar-refractivity contribution is -0.137. The first-order chi connectivity index (χ1) is 14.1. The summed E-state index contributed by atoms with van der Waals surface area (Å²) in [6.07, 6.45) is 7.56. The van der Waals surface area contributed by atoms with Crippen LogP contribution in [0.4, 0.5) is 4.79 Å². The molecule has 4 atom stereocenters. The topological polar surface area (TPSA) is 96.9 Å². The lowest BCUT2D eigenvalue weighted by atomic mass is 9.76. The average molecular weight is 405 g/mol. The number of carbonyl (C=O) groups excluding carboxylic acids is 1. The number of carboxylic acid groups (broad SMARTS) is 1. The standard InChI is InChI=1S/C22H32N2O5/c25-21(26)11-7-2-1-6-10-17-18(20-13-12-19(17)29-20)14-23-24-22(27)28-15-16-8-4-3-5-9-16/h3-5,8-9,17-20,23H,1-2,6-7,10-15H2,(H,24,27)(H,25,26). The van der Waals surface area contributed by atoms with Gasteiger partial charge in [-0.15, -0.1) is 0 Å². The number of amides is 1. The highest BCUT2D eigenvalue weighted by Crippen LogP contribution is 2.45. The fraction of sp³-hybridized carbons (Fsp3) is 0.636. The third-order valence-electron chi connectivity index (χ3n) is 6.01. The molecule has 2 heterocycles. The number of unbranched alkanes of at least 4 members (excludes halogenated alkanes) is 3. The average Bonchev–Trinajstić information content (AvgIpc) is 3.32. The Bertz CT molecular complexity index is 654. The molecule has 1 aromatic rings. The zero-order chi connectivity index (χ0) is 20.5. The molecule has 2 bridgehead atoms. The molecule has 3 rings (SSSR count). The van der Waals surface area contributed by atoms with Crippen molar-refractivity contribution in [1.82, 2.24) is 10.9 Å². The van der Waals surface area contributed by atoms with Gasteiger partial charge in [0.05, 0.1) is 12.2 Å². The summed E-state index contributed by atoms with van der Waals surface area (Å²) in [5.74, 6) is 0.178. The van der Waals surface area contributed by atoms with Gasteiger partial charge in [-0.25, -0.2) is 10.2 Å². The number of rotatable bonds is 12. The van der Waals surface area contributed by atoms with Gasteiger partial charge in [-0.05, 0) is 37.2 Å². The Hall–Kier alpha value is -2.12. The van der Waals surface area contributed by atoms with E-state index >= 15 is 0 Å². The van der Waals surface area contributed by atoms with Crippen LogP contribution in [0, 0.1) is 11.8 Å². The summed E-state index contributed by atoms with van der Waals surface area (Å²) in [6, 6.07) is 9.58. The van der Waals surface area contributed by atoms with Crippen molar-refractivity contribution in [3.63, 3.8) is 0 Å². The van der Waals surface area contributed by atoms with Crippen LogP contribution in [0.1, 0.15) is 56.9 Å². The Kier molecular flexibility index (Phi) is 8.31. The molecule has 0 aromatic heterocycles. The van der Waals surface area contributed by atoms with Gasteiger partial charge in [0.2, 0.25) is 0 Å². The van der Waals surface area contributed by atoms with Gasteiger partial charge in [0, 0.05) is 18.9 Å². The van der Waals surface area contributed by atoms with Gasteiger partial charge in [-0.1, -0.05) is 49.6 Å². The Morgan fingerprint density at radius 2 is 1.76 bits per heavy atom. The quantitative estimate of drug-likeness (QED) is 0.364. The molecule has 7 nitrogen and oxygen atoms in total. The van der Waals surface area contributed by atoms with Gasteiger partial charge in [-0.2, -0.15) is 0 Å². The van der Waals surface area contributed by atoms with Gasteiger partial charge in [0.15, 0.2) is 0 Å². The minimum Gasteiger partial charge on any atom is -0.481 e. The predicted octanol–water partition coefficient (Wildman–Crippen LogP) is 3.64. The van der Waals surface area contributed by atoms with E-state index in [1.54, 1.807) is 0 Å². The molecule has 2 aliphatic heterocycles. The molecule has 1 aromatic carbocycles. The van der Waals surface area contributed by atoms with Crippen LogP contribution in [0.3, 0.4) is 0 Å². The smallest absolute Gasteiger partial charge is 0.421 e. The maximum absolute atomic E-state index is 11.9. The third kappa shape index (κ3) is 6.72. The summed E-state index contributed by atoms with van der Waals surface area (Å²) in [4.78, 5) is 22.5. The van der Waals surface area contributed by atoms with Crippen LogP contribution < -0.4 is 10.9 Å². The minimum atomic E-state index is -0.715. The van der Waals surface area contributed by atoms with E-state index in [1.807, 2.05) is 30.3 Å². The molecular formula is C22H32N2O5. The number of fused-ring (bicyclic) bond motifs is 2. The highest BCUT2D eigenvalue weighted by atomic mass is 16.6. The van der Waals surface area contributed by atoms with E-state index in [1.165, 1.54) is 0 Å². The van der Waals surface area contributed by atoms with Crippen LogP contribution in [-0.2, 0) is 20.9 Å². The molecule has 4 unspecified atom stereocenters. The van der Waals surface area contributed by atoms with Crippen LogP contribution in [0.2, 0.25) is 0 Å². The van der Waals surface area contributed by atoms with Crippen molar-refractivity contribution < 1.29 is 24.2 Å². The molecule has 0 spiro atoms. The number of hydrogen-bond acceptors (Lipinski definition) is 5. The zero-order valence-electron chi connectivity index (χ0n) is 16.8. The molecular weight excluding hydrogens is 372 g/mol. The van der Waals surface area contributed by atoms with E-state index in [9.17, 15) is 9.59 Å². The largest absolute Gasteiger partial charge is 0.481 e. The van der Waals surface area contributed by atoms with Crippen molar-refractivity contribution in [3.05, 3.63) is 35.9 Å². The van der Waals surface area contributed by atoms with E-state index < -0.39 is 12.1 Å². The monoisotopic (exact) mass is 404 g/mol. The third-order valence-corrected chi connectivity index (χ3v) is 6.01. The number of ether oxygens (including phenoxy) is 2. The molecule has 2 fully saturated rings. The molecule has 29 heavy (non-hydrogen) atoms. The maximum Gasteiger partial charge on any atom is 0.421 e. The molecule has 160 valence electrons. The van der Waals surface area contributed by atoms with Crippen molar-refractivity contribution in [2.24, 2.45) is 11.8 Å². The second-order valence-electron chi connectivity index (χ2n) is 8.03. The SMILES string of the molecule is O=C(O)CCCCCCC1C2CCC(O2)C1CNNC(=O)OCc1ccccc1. The first-order valence-corrected chi connectivity index (χ1v) is 10.7. The lowest BCUT2D eigenvalue weighted by Gasteiger charge is -2.28. The minimum absolute atomic E-state index is 0.246. The maximum atomic E-state index is 11.9. The molecule has 0 saturated carbocycles. The van der Waals surface area contributed by atoms with Crippen molar-refractivity contribution in [2.75, 3.05) is 6.54 Å². The van der Waals surface area contributed by atoms with E-state index in [0.717, 1.165) is 50.5 Å². The number of hydrazine groups is 1. The summed E-state index contributed by atoms with van der Waals surface area (Å²) < 4.78 is 11.3. The summed E-state index contributed by atoms with van der Waals surface area (Å²) in [5, 5.41) is 8.70. The number of benzene rings is 1. The molecule has 0 aliphatic carbocycles. The summed E-state index contributed by atoms with van der Waals surface area (Å²) in [7, 11) is 0. The van der Waals surface area contributed by atoms with Crippen LogP contribution >= 0.6 is 0 Å². The number of aliphatic carboxylic acids is 1. The number of hydrogen-bond donors (Lipinski definition) is 3. The molecule has 1 amide bonds. The number of carboxylic acids is 1. The van der Waals surface area contributed by atoms with Gasteiger partial charge in [-0.3, -0.25) is 10.2 Å². The van der Waals surface area contributed by atoms with Crippen LogP contribution in [0.15, 0.2) is 30.3 Å². The summed E-state index contributed by atoms with van der Waals surface area (Å²) in [6.45, 7) is 0.918. The Morgan fingerprint density at radius 3 is 2.52 bits per heavy atom. The molecule has 3 N–H and O–H groups in total. The second-order valence-corrected chi connectivity index (χ2v) is 8.03. The van der Waals surface area contributed by atoms with Crippen LogP contribution in [-0.4, -0.2) is 35.9 Å². The molecule has 2 aliphatic rings. The van der Waals surface area contributed by atoms with E-state index in [-0.39, 0.29) is 19.1 Å². The van der Waals surface area contributed by atoms with Crippen LogP contribution in [0.25, 0.3) is 0 Å². The second kappa shape index (κ2) is 11.2. The predicted molar refractivity (Wildman–Crippen MR) is 108 cm³/mol. The zero-order valence-corrected chi connectivity index (χ0v) is 16.8. The fourth-order valence-corrected chi connectivity index (χ4v) is 4.56. The van der Waals surface area contributed by atoms with Crippen LogP contribution in [0.5, 0.6) is 0 Å². The highest BCUT2D eigenvalue weighted by molar-refractivity contribution is 5.66. The number of nitrogens with one attached hydrogen (secondary N) is 2. The highest BCUT2D eigenvalue weighted by Gasteiger charge is 2.47. The van der Waals surface area contributed by atoms with E-state index in [0.29, 0.717) is 24.5 Å². The Labute approximate surface area is 172 Å². The van der Waals surface area contributed by atoms with Crippen molar-refractivity contribution in [1.29, 1.82) is 0 Å². The fourth-order valence-electron chi connectivity index (χ4n) is 4.56. The molecule has 2 saturated heterocycles. The normalized spacial score (nSPS) is 25.1. The van der Waals surface area contributed by atoms with Crippen molar-refractivity contribution in [2.45, 2.75) is 70.2 Å². The summed E-state index contributed by atoms with van der Waals surface area (Å²) >= 11 is 0. The van der Waals surface area contributed by atoms with Gasteiger partial charge in [0.25, 0.3) is 0 Å². The van der Waals surface area contributed by atoms with Crippen molar-refractivity contribution >= 4 is 12.1 Å². The number of carbonyl (C=O) groups is 2. The first kappa shape index (κ1) is 21.6. The van der Waals surface area contributed by atoms with Gasteiger partial charge >= 0.3 is 12.1 Å². The van der Waals surface area contributed by atoms with Gasteiger partial charge in [0.1, 0.15) is 6.61 Å². The van der Waals surface area contributed by atoms with E-state index in [4.69, 9.17) is 14.6 Å². The van der Waals surface area contributed by atoms with Gasteiger partial charge < -0.3 is 14.6 Å². The van der Waals surface area contributed by atoms with E-state index in [2.05, 4.69) is 10.9 Å². The first-order valence-electron chi connectivity index (χ1n) is 10.7. The Balaban J connectivity index is 1.33. The molecule has 7 heteroatoms. The molecule has 0 radical (unpaired) electrons. The lowest BCUT2D eigenvalue weighted by Crippen LogP contribution is -2.44. The summed E-state index contributed by atoms with van der Waals surface area (Å²) in [5.41, 5.74) is 6.62. The van der Waals surface area contributed by atoms with Crippen molar-refractivity contribution in [3.8, 4) is 0 Å². The Morgan fingerprint density at radius 1 is 1.03 bits per heavy atom.